The van der Waals surface area contributed by atoms with Crippen LogP contribution in [0.2, 0.25) is 0 Å². The van der Waals surface area contributed by atoms with Crippen LogP contribution in [0.1, 0.15) is 25.8 Å². The van der Waals surface area contributed by atoms with E-state index in [1.807, 2.05) is 18.5 Å². The summed E-state index contributed by atoms with van der Waals surface area (Å²) in [4.78, 5) is 4.05. The first-order valence-electron chi connectivity index (χ1n) is 4.84. The molecule has 0 saturated carbocycles. The number of aryl methyl sites for hydroxylation is 1. The van der Waals surface area contributed by atoms with Crippen LogP contribution in [0, 0.1) is 12.8 Å². The van der Waals surface area contributed by atoms with E-state index in [-0.39, 0.29) is 0 Å². The summed E-state index contributed by atoms with van der Waals surface area (Å²) in [5, 5.41) is 3.40. The van der Waals surface area contributed by atoms with Crippen molar-refractivity contribution in [3.05, 3.63) is 24.0 Å². The monoisotopic (exact) mass is 178 g/mol. The molecule has 72 valence electrons. The Morgan fingerprint density at radius 3 is 2.85 bits per heavy atom. The fourth-order valence-electron chi connectivity index (χ4n) is 1.17. The minimum atomic E-state index is 0.759. The van der Waals surface area contributed by atoms with Crippen molar-refractivity contribution in [1.82, 2.24) is 4.98 Å². The van der Waals surface area contributed by atoms with Gasteiger partial charge in [-0.1, -0.05) is 13.8 Å². The number of nitrogens with zero attached hydrogens (tertiary/aromatic N) is 1. The molecule has 1 aromatic rings. The maximum Gasteiger partial charge on any atom is 0.0400 e. The van der Waals surface area contributed by atoms with Gasteiger partial charge in [0.25, 0.3) is 0 Å². The van der Waals surface area contributed by atoms with E-state index in [1.54, 1.807) is 0 Å². The van der Waals surface area contributed by atoms with Crippen LogP contribution in [-0.4, -0.2) is 11.5 Å². The second-order valence-corrected chi connectivity index (χ2v) is 3.80. The number of aromatic nitrogens is 1. The molecule has 1 N–H and O–H groups in total. The Labute approximate surface area is 80.4 Å². The van der Waals surface area contributed by atoms with Crippen LogP contribution in [0.5, 0.6) is 0 Å². The number of anilines is 1. The predicted octanol–water partition coefficient (Wildman–Crippen LogP) is 2.85. The average Bonchev–Trinajstić information content (AvgIpc) is 2.08. The second-order valence-electron chi connectivity index (χ2n) is 3.80. The molecule has 0 aliphatic heterocycles. The van der Waals surface area contributed by atoms with Gasteiger partial charge in [0.15, 0.2) is 0 Å². The Morgan fingerprint density at radius 2 is 2.23 bits per heavy atom. The third-order valence-electron chi connectivity index (χ3n) is 2.06. The molecule has 0 bridgehead atoms. The van der Waals surface area contributed by atoms with Crippen molar-refractivity contribution < 1.29 is 0 Å². The van der Waals surface area contributed by atoms with Crippen LogP contribution in [-0.2, 0) is 0 Å². The van der Waals surface area contributed by atoms with Gasteiger partial charge in [-0.25, -0.2) is 0 Å². The maximum absolute atomic E-state index is 4.05. The molecule has 0 amide bonds. The van der Waals surface area contributed by atoms with Crippen molar-refractivity contribution in [3.63, 3.8) is 0 Å². The first-order valence-corrected chi connectivity index (χ1v) is 4.84. The molecule has 0 saturated heterocycles. The lowest BCUT2D eigenvalue weighted by Crippen LogP contribution is -2.05. The summed E-state index contributed by atoms with van der Waals surface area (Å²) < 4.78 is 0. The van der Waals surface area contributed by atoms with Crippen LogP contribution >= 0.6 is 0 Å². The Kier molecular flexibility index (Phi) is 3.74. The molecule has 1 rings (SSSR count). The fraction of sp³-hybridized carbons (Fsp3) is 0.545. The van der Waals surface area contributed by atoms with Gasteiger partial charge >= 0.3 is 0 Å². The number of pyridine rings is 1. The zero-order valence-corrected chi connectivity index (χ0v) is 8.67. The molecular weight excluding hydrogens is 160 g/mol. The standard InChI is InChI=1S/C11H18N2/c1-9(2)4-7-13-11-5-6-12-8-10(11)3/h5-6,8-9H,4,7H2,1-3H3,(H,12,13). The van der Waals surface area contributed by atoms with Gasteiger partial charge in [-0.15, -0.1) is 0 Å². The molecule has 1 aromatic heterocycles. The summed E-state index contributed by atoms with van der Waals surface area (Å²) in [7, 11) is 0. The van der Waals surface area contributed by atoms with Crippen LogP contribution in [0.15, 0.2) is 18.5 Å². The van der Waals surface area contributed by atoms with Crippen molar-refractivity contribution in [1.29, 1.82) is 0 Å². The third-order valence-corrected chi connectivity index (χ3v) is 2.06. The van der Waals surface area contributed by atoms with E-state index < -0.39 is 0 Å². The average molecular weight is 178 g/mol. The van der Waals surface area contributed by atoms with Gasteiger partial charge in [0.1, 0.15) is 0 Å². The van der Waals surface area contributed by atoms with E-state index in [1.165, 1.54) is 17.7 Å². The van der Waals surface area contributed by atoms with E-state index in [0.29, 0.717) is 0 Å². The summed E-state index contributed by atoms with van der Waals surface area (Å²) in [6, 6.07) is 2.02. The largest absolute Gasteiger partial charge is 0.385 e. The lowest BCUT2D eigenvalue weighted by Gasteiger charge is -2.09. The predicted molar refractivity (Wildman–Crippen MR) is 56.9 cm³/mol. The Balaban J connectivity index is 2.41. The number of rotatable bonds is 4. The van der Waals surface area contributed by atoms with Gasteiger partial charge < -0.3 is 5.32 Å². The molecular formula is C11H18N2. The van der Waals surface area contributed by atoms with E-state index in [9.17, 15) is 0 Å². The van der Waals surface area contributed by atoms with Crippen molar-refractivity contribution in [2.24, 2.45) is 5.92 Å². The van der Waals surface area contributed by atoms with Gasteiger partial charge in [-0.2, -0.15) is 0 Å². The van der Waals surface area contributed by atoms with Crippen molar-refractivity contribution in [2.75, 3.05) is 11.9 Å². The minimum Gasteiger partial charge on any atom is -0.385 e. The molecule has 1 heterocycles. The minimum absolute atomic E-state index is 0.759. The highest BCUT2D eigenvalue weighted by Gasteiger charge is 1.97. The zero-order valence-electron chi connectivity index (χ0n) is 8.67. The van der Waals surface area contributed by atoms with Crippen LogP contribution in [0.25, 0.3) is 0 Å². The summed E-state index contributed by atoms with van der Waals surface area (Å²) in [6.07, 6.45) is 4.92. The number of hydrogen-bond donors (Lipinski definition) is 1. The molecule has 0 aromatic carbocycles. The molecule has 0 atom stereocenters. The third kappa shape index (κ3) is 3.45. The van der Waals surface area contributed by atoms with E-state index in [0.717, 1.165) is 12.5 Å². The second kappa shape index (κ2) is 4.85. The van der Waals surface area contributed by atoms with Gasteiger partial charge in [0.05, 0.1) is 0 Å². The van der Waals surface area contributed by atoms with Crippen LogP contribution in [0.4, 0.5) is 5.69 Å². The summed E-state index contributed by atoms with van der Waals surface area (Å²) >= 11 is 0. The summed E-state index contributed by atoms with van der Waals surface area (Å²) in [5.74, 6) is 0.759. The molecule has 13 heavy (non-hydrogen) atoms. The summed E-state index contributed by atoms with van der Waals surface area (Å²) in [6.45, 7) is 7.59. The van der Waals surface area contributed by atoms with E-state index >= 15 is 0 Å². The smallest absolute Gasteiger partial charge is 0.0400 e. The van der Waals surface area contributed by atoms with Gasteiger partial charge in [0, 0.05) is 24.6 Å². The molecule has 0 unspecified atom stereocenters. The molecule has 0 aliphatic carbocycles. The number of nitrogens with one attached hydrogen (secondary N) is 1. The Hall–Kier alpha value is -1.05. The van der Waals surface area contributed by atoms with Gasteiger partial charge in [0.2, 0.25) is 0 Å². The molecule has 0 radical (unpaired) electrons. The maximum atomic E-state index is 4.05. The van der Waals surface area contributed by atoms with Crippen LogP contribution in [0.3, 0.4) is 0 Å². The van der Waals surface area contributed by atoms with Crippen molar-refractivity contribution in [3.8, 4) is 0 Å². The molecule has 0 fully saturated rings. The first kappa shape index (κ1) is 10.0. The van der Waals surface area contributed by atoms with E-state index in [2.05, 4.69) is 31.1 Å². The van der Waals surface area contributed by atoms with Gasteiger partial charge in [-0.05, 0) is 30.9 Å². The lowest BCUT2D eigenvalue weighted by molar-refractivity contribution is 0.607. The highest BCUT2D eigenvalue weighted by atomic mass is 14.9. The Bertz CT molecular complexity index is 256. The SMILES string of the molecule is Cc1cnccc1NCCC(C)C. The van der Waals surface area contributed by atoms with E-state index in [4.69, 9.17) is 0 Å². The highest BCUT2D eigenvalue weighted by Crippen LogP contribution is 2.11. The fourth-order valence-corrected chi connectivity index (χ4v) is 1.17. The molecule has 2 heteroatoms. The zero-order chi connectivity index (χ0) is 9.68. The lowest BCUT2D eigenvalue weighted by atomic mass is 10.1. The van der Waals surface area contributed by atoms with Crippen molar-refractivity contribution in [2.45, 2.75) is 27.2 Å². The molecule has 0 spiro atoms. The topological polar surface area (TPSA) is 24.9 Å². The quantitative estimate of drug-likeness (QED) is 0.766. The first-order chi connectivity index (χ1) is 6.20. The summed E-state index contributed by atoms with van der Waals surface area (Å²) in [5.41, 5.74) is 2.42. The normalized spacial score (nSPS) is 10.5. The highest BCUT2D eigenvalue weighted by molar-refractivity contribution is 5.48. The molecule has 0 aliphatic rings. The molecule has 2 nitrogen and oxygen atoms in total. The van der Waals surface area contributed by atoms with Gasteiger partial charge in [-0.3, -0.25) is 4.98 Å². The number of hydrogen-bond acceptors (Lipinski definition) is 2. The van der Waals surface area contributed by atoms with Crippen LogP contribution < -0.4 is 5.32 Å². The van der Waals surface area contributed by atoms with Crippen molar-refractivity contribution >= 4 is 5.69 Å². The Morgan fingerprint density at radius 1 is 1.46 bits per heavy atom.